The second-order valence-corrected chi connectivity index (χ2v) is 7.48. The van der Waals surface area contributed by atoms with E-state index in [2.05, 4.69) is 15.0 Å². The summed E-state index contributed by atoms with van der Waals surface area (Å²) in [5.41, 5.74) is 1.43. The molecule has 3 heterocycles. The van der Waals surface area contributed by atoms with Gasteiger partial charge in [-0.3, -0.25) is 9.69 Å². The lowest BCUT2D eigenvalue weighted by atomic mass is 9.85. The van der Waals surface area contributed by atoms with Crippen LogP contribution in [0.3, 0.4) is 0 Å². The van der Waals surface area contributed by atoms with Gasteiger partial charge in [-0.25, -0.2) is 18.6 Å². The molecule has 1 fully saturated rings. The average molecular weight is 429 g/mol. The predicted molar refractivity (Wildman–Crippen MR) is 103 cm³/mol. The average Bonchev–Trinajstić information content (AvgIpc) is 2.75. The highest BCUT2D eigenvalue weighted by molar-refractivity contribution is 6.38. The van der Waals surface area contributed by atoms with Gasteiger partial charge >= 0.3 is 12.1 Å². The third-order valence-corrected chi connectivity index (χ3v) is 5.65. The molecule has 31 heavy (non-hydrogen) atoms. The fourth-order valence-corrected chi connectivity index (χ4v) is 4.33. The highest BCUT2D eigenvalue weighted by Gasteiger charge is 2.49. The van der Waals surface area contributed by atoms with E-state index in [1.54, 1.807) is 0 Å². The van der Waals surface area contributed by atoms with Crippen molar-refractivity contribution >= 4 is 18.0 Å². The lowest BCUT2D eigenvalue weighted by Gasteiger charge is -2.45. The number of ether oxygens (including phenoxy) is 2. The van der Waals surface area contributed by atoms with Crippen LogP contribution in [-0.2, 0) is 14.3 Å². The molecule has 0 bridgehead atoms. The molecule has 5 rings (SSSR count). The van der Waals surface area contributed by atoms with Crippen molar-refractivity contribution < 1.29 is 33.0 Å². The van der Waals surface area contributed by atoms with Crippen molar-refractivity contribution in [1.29, 1.82) is 0 Å². The number of nitrogens with one attached hydrogen (secondary N) is 1. The zero-order chi connectivity index (χ0) is 21.7. The van der Waals surface area contributed by atoms with Crippen LogP contribution in [0.4, 0.5) is 13.6 Å². The maximum absolute atomic E-state index is 15.2. The number of nitrogens with zero attached hydrogens (tertiary/aromatic N) is 2. The summed E-state index contributed by atoms with van der Waals surface area (Å²) in [5.74, 6) is -2.74. The first kappa shape index (κ1) is 19.4. The third kappa shape index (κ3) is 3.19. The molecule has 10 heteroatoms. The molecule has 1 aromatic rings. The molecule has 3 aliphatic heterocycles. The van der Waals surface area contributed by atoms with Crippen LogP contribution < -0.4 is 5.32 Å². The van der Waals surface area contributed by atoms with Crippen molar-refractivity contribution in [3.05, 3.63) is 70.8 Å². The molecule has 0 saturated carbocycles. The molecule has 2 N–H and O–H groups in total. The van der Waals surface area contributed by atoms with E-state index in [1.807, 2.05) is 0 Å². The Morgan fingerprint density at radius 3 is 2.81 bits per heavy atom. The van der Waals surface area contributed by atoms with Crippen molar-refractivity contribution in [2.45, 2.75) is 31.0 Å². The van der Waals surface area contributed by atoms with Gasteiger partial charge in [0, 0.05) is 0 Å². The highest BCUT2D eigenvalue weighted by Crippen LogP contribution is 2.44. The van der Waals surface area contributed by atoms with Crippen LogP contribution >= 0.6 is 0 Å². The quantitative estimate of drug-likeness (QED) is 0.666. The van der Waals surface area contributed by atoms with Gasteiger partial charge in [0.15, 0.2) is 6.10 Å². The number of carbonyl (C=O) groups excluding carboxylic acids is 1. The Balaban J connectivity index is 1.64. The number of amides is 1. The Morgan fingerprint density at radius 1 is 1.29 bits per heavy atom. The molecule has 3 unspecified atom stereocenters. The minimum absolute atomic E-state index is 0.0425. The summed E-state index contributed by atoms with van der Waals surface area (Å²) in [6.07, 6.45) is 1.74. The topological polar surface area (TPSA) is 100 Å². The van der Waals surface area contributed by atoms with Crippen LogP contribution in [0.1, 0.15) is 24.4 Å². The van der Waals surface area contributed by atoms with Crippen molar-refractivity contribution in [2.75, 3.05) is 6.54 Å². The van der Waals surface area contributed by atoms with Gasteiger partial charge in [-0.05, 0) is 48.7 Å². The predicted octanol–water partition coefficient (Wildman–Crippen LogP) is 2.92. The summed E-state index contributed by atoms with van der Waals surface area (Å²) < 4.78 is 39.1. The van der Waals surface area contributed by atoms with E-state index in [0.717, 1.165) is 16.9 Å². The summed E-state index contributed by atoms with van der Waals surface area (Å²) in [6, 6.07) is 4.01. The normalized spacial score (nSPS) is 27.2. The van der Waals surface area contributed by atoms with Gasteiger partial charge in [0.25, 0.3) is 5.90 Å². The third-order valence-electron chi connectivity index (χ3n) is 5.65. The van der Waals surface area contributed by atoms with E-state index in [1.165, 1.54) is 36.6 Å². The summed E-state index contributed by atoms with van der Waals surface area (Å²) in [5, 5.41) is 12.3. The molecule has 1 aromatic carbocycles. The molecule has 3 atom stereocenters. The van der Waals surface area contributed by atoms with Crippen LogP contribution in [0.25, 0.3) is 0 Å². The smallest absolute Gasteiger partial charge is 0.488 e. The minimum atomic E-state index is -1.73. The zero-order valence-electron chi connectivity index (χ0n) is 16.0. The van der Waals surface area contributed by atoms with Crippen molar-refractivity contribution in [2.24, 2.45) is 4.99 Å². The van der Waals surface area contributed by atoms with Crippen LogP contribution in [-0.4, -0.2) is 46.7 Å². The van der Waals surface area contributed by atoms with Gasteiger partial charge in [-0.1, -0.05) is 12.1 Å². The van der Waals surface area contributed by atoms with Crippen LogP contribution in [0.15, 0.2) is 64.4 Å². The zero-order valence-corrected chi connectivity index (χ0v) is 16.0. The molecular formula is C21H17F2N3O5. The maximum Gasteiger partial charge on any atom is 0.512 e. The molecule has 8 nitrogen and oxygen atoms in total. The van der Waals surface area contributed by atoms with Gasteiger partial charge in [0.05, 0.1) is 11.7 Å². The van der Waals surface area contributed by atoms with Crippen LogP contribution in [0, 0.1) is 5.82 Å². The summed E-state index contributed by atoms with van der Waals surface area (Å²) in [7, 11) is 0. The Bertz CT molecular complexity index is 1090. The first-order valence-corrected chi connectivity index (χ1v) is 9.71. The fourth-order valence-electron chi connectivity index (χ4n) is 4.33. The molecule has 160 valence electrons. The molecule has 1 aliphatic carbocycles. The van der Waals surface area contributed by atoms with Gasteiger partial charge in [0.2, 0.25) is 0 Å². The first-order valence-electron chi connectivity index (χ1n) is 9.71. The number of hydrogen-bond acceptors (Lipinski definition) is 6. The number of piperidine rings is 1. The van der Waals surface area contributed by atoms with Crippen molar-refractivity contribution in [1.82, 2.24) is 10.2 Å². The first-order chi connectivity index (χ1) is 14.9. The lowest BCUT2D eigenvalue weighted by Crippen LogP contribution is -2.55. The van der Waals surface area contributed by atoms with Crippen molar-refractivity contribution in [3.63, 3.8) is 0 Å². The number of hydrogen-bond donors (Lipinski definition) is 2. The summed E-state index contributed by atoms with van der Waals surface area (Å²) in [4.78, 5) is 29.4. The minimum Gasteiger partial charge on any atom is -0.488 e. The Kier molecular flexibility index (Phi) is 4.58. The lowest BCUT2D eigenvalue weighted by molar-refractivity contribution is -0.125. The number of carbonyl (C=O) groups is 2. The van der Waals surface area contributed by atoms with Crippen LogP contribution in [0.2, 0.25) is 0 Å². The van der Waals surface area contributed by atoms with E-state index >= 15 is 4.39 Å². The molecule has 4 aliphatic rings. The summed E-state index contributed by atoms with van der Waals surface area (Å²) in [6.45, 7) is 0.717. The Hall–Kier alpha value is -3.53. The molecule has 0 radical (unpaired) electrons. The van der Waals surface area contributed by atoms with E-state index in [0.29, 0.717) is 18.5 Å². The largest absolute Gasteiger partial charge is 0.512 e. The van der Waals surface area contributed by atoms with Gasteiger partial charge in [-0.2, -0.15) is 0 Å². The van der Waals surface area contributed by atoms with Crippen LogP contribution in [0.5, 0.6) is 0 Å². The van der Waals surface area contributed by atoms with Crippen molar-refractivity contribution in [3.8, 4) is 0 Å². The Morgan fingerprint density at radius 2 is 2.06 bits per heavy atom. The number of halogens is 2. The van der Waals surface area contributed by atoms with Gasteiger partial charge in [-0.15, -0.1) is 0 Å². The number of benzene rings is 1. The number of rotatable bonds is 1. The highest BCUT2D eigenvalue weighted by atomic mass is 19.1. The Labute approximate surface area is 175 Å². The fraction of sp³-hybridized carbons (Fsp3) is 0.286. The summed E-state index contributed by atoms with van der Waals surface area (Å²) >= 11 is 0. The van der Waals surface area contributed by atoms with E-state index < -0.39 is 41.8 Å². The monoisotopic (exact) mass is 429 g/mol. The number of allylic oxidation sites excluding steroid dienone is 2. The number of carboxylic acid groups (broad SMARTS) is 1. The standard InChI is InChI=1S/C21H17F2N3O5/c22-12-5-3-10(4-6-12)15-14-9-30-18-16-11(2-1-7-24-16)8-13(23)17(18)26(14)20(27)19(25-15)31-21(28)29/h3-6,8-9,15-16,18,24H,1-2,7H2,(H,28,29). The molecule has 0 spiro atoms. The SMILES string of the molecule is O=C(O)OC1=NC(c2ccc(F)cc2)C2=COC3C(=C(F)C=C4CCCNC43)N2C1=O. The second-order valence-electron chi connectivity index (χ2n) is 7.48. The van der Waals surface area contributed by atoms with E-state index in [4.69, 9.17) is 9.84 Å². The van der Waals surface area contributed by atoms with Gasteiger partial charge in [0.1, 0.15) is 29.6 Å². The molecular weight excluding hydrogens is 412 g/mol. The van der Waals surface area contributed by atoms with E-state index in [-0.39, 0.29) is 17.4 Å². The molecule has 1 amide bonds. The van der Waals surface area contributed by atoms with E-state index in [9.17, 15) is 14.0 Å². The molecule has 1 saturated heterocycles. The van der Waals surface area contributed by atoms with Gasteiger partial charge < -0.3 is 19.9 Å². The molecule has 0 aromatic heterocycles. The second kappa shape index (κ2) is 7.31. The number of aliphatic imine (C=N–C) groups is 1. The number of fused-ring (bicyclic) bond motifs is 5. The maximum atomic E-state index is 15.2.